The zero-order valence-electron chi connectivity index (χ0n) is 22.2. The van der Waals surface area contributed by atoms with Crippen LogP contribution in [0.25, 0.3) is 0 Å². The number of aromatic nitrogens is 2. The molecule has 11 nitrogen and oxygen atoms in total. The van der Waals surface area contributed by atoms with Crippen LogP contribution < -0.4 is 14.8 Å². The second-order valence-corrected chi connectivity index (χ2v) is 11.1. The molecular formula is C25H38N6O5S. The van der Waals surface area contributed by atoms with Crippen molar-refractivity contribution in [2.45, 2.75) is 69.6 Å². The number of likely N-dealkylation sites (N-methyl/N-ethyl adjacent to an activating group) is 1. The number of ether oxygens (including phenoxy) is 1. The summed E-state index contributed by atoms with van der Waals surface area (Å²) < 4.78 is 36.2. The maximum absolute atomic E-state index is 13.4. The maximum atomic E-state index is 13.4. The topological polar surface area (TPSA) is 126 Å². The number of nitrogens with one attached hydrogen (secondary N) is 2. The van der Waals surface area contributed by atoms with Gasteiger partial charge < -0.3 is 19.9 Å². The van der Waals surface area contributed by atoms with Crippen molar-refractivity contribution in [2.24, 2.45) is 0 Å². The molecule has 0 aliphatic carbocycles. The first-order chi connectivity index (χ1) is 17.6. The summed E-state index contributed by atoms with van der Waals surface area (Å²) >= 11 is 0. The third-order valence-corrected chi connectivity index (χ3v) is 8.17. The lowest BCUT2D eigenvalue weighted by Crippen LogP contribution is -2.50. The average molecular weight is 535 g/mol. The first kappa shape index (κ1) is 28.6. The van der Waals surface area contributed by atoms with E-state index in [4.69, 9.17) is 4.74 Å². The normalized spacial score (nSPS) is 17.8. The lowest BCUT2D eigenvalue weighted by Gasteiger charge is -2.28. The number of rotatable bonds is 11. The molecule has 0 saturated carbocycles. The molecule has 37 heavy (non-hydrogen) atoms. The largest absolute Gasteiger partial charge is 0.493 e. The average Bonchev–Trinajstić information content (AvgIpc) is 3.56. The van der Waals surface area contributed by atoms with Crippen molar-refractivity contribution in [1.82, 2.24) is 29.6 Å². The zero-order chi connectivity index (χ0) is 27.2. The Bertz CT molecular complexity index is 1170. The Balaban J connectivity index is 1.84. The van der Waals surface area contributed by atoms with Crippen molar-refractivity contribution in [3.05, 3.63) is 42.2 Å². The molecule has 1 saturated heterocycles. The van der Waals surface area contributed by atoms with Crippen LogP contribution in [0.3, 0.4) is 0 Å². The summed E-state index contributed by atoms with van der Waals surface area (Å²) in [5.41, 5.74) is 0.0837. The number of hydrogen-bond acceptors (Lipinski definition) is 7. The number of hydrogen-bond donors (Lipinski definition) is 2. The predicted molar refractivity (Wildman–Crippen MR) is 140 cm³/mol. The van der Waals surface area contributed by atoms with E-state index in [1.165, 1.54) is 40.2 Å². The smallest absolute Gasteiger partial charge is 0.346 e. The summed E-state index contributed by atoms with van der Waals surface area (Å²) in [4.78, 5) is 29.6. The van der Waals surface area contributed by atoms with E-state index < -0.39 is 28.1 Å². The van der Waals surface area contributed by atoms with Crippen LogP contribution in [0.15, 0.2) is 41.6 Å². The maximum Gasteiger partial charge on any atom is 0.346 e. The van der Waals surface area contributed by atoms with E-state index in [-0.39, 0.29) is 28.3 Å². The molecule has 1 fully saturated rings. The molecule has 2 N–H and O–H groups in total. The minimum absolute atomic E-state index is 0.0250. The molecule has 0 bridgehead atoms. The zero-order valence-corrected chi connectivity index (χ0v) is 23.0. The molecule has 12 heteroatoms. The highest BCUT2D eigenvalue weighted by Gasteiger charge is 2.31. The van der Waals surface area contributed by atoms with Gasteiger partial charge in [-0.25, -0.2) is 17.9 Å². The van der Waals surface area contributed by atoms with Crippen LogP contribution >= 0.6 is 0 Å². The van der Waals surface area contributed by atoms with Crippen molar-refractivity contribution in [2.75, 3.05) is 27.2 Å². The van der Waals surface area contributed by atoms with Crippen molar-refractivity contribution in [1.29, 1.82) is 0 Å². The van der Waals surface area contributed by atoms with Gasteiger partial charge in [-0.3, -0.25) is 4.79 Å². The van der Waals surface area contributed by atoms with E-state index in [0.29, 0.717) is 19.4 Å². The first-order valence-electron chi connectivity index (χ1n) is 12.7. The van der Waals surface area contributed by atoms with Crippen molar-refractivity contribution >= 4 is 22.0 Å². The van der Waals surface area contributed by atoms with Gasteiger partial charge in [-0.15, -0.1) is 0 Å². The van der Waals surface area contributed by atoms with Crippen LogP contribution in [-0.4, -0.2) is 85.4 Å². The molecule has 3 atom stereocenters. The Hall–Kier alpha value is -2.96. The van der Waals surface area contributed by atoms with Gasteiger partial charge in [0.15, 0.2) is 0 Å². The van der Waals surface area contributed by atoms with Gasteiger partial charge >= 0.3 is 6.03 Å². The standard InChI is InChI=1S/C25H38N6O5S/c1-6-16-36-22-12-11-19(37(34,35)28-18(3)21-10-8-14-29(21)4)17-20(22)24(32)27-23(7-2)30(5)25(33)31-15-9-13-26-31/h9,11-13,15,17-18,21,23,28H,6-8,10,14,16H2,1-5H3,(H,27,32). The van der Waals surface area contributed by atoms with Crippen LogP contribution in [0.4, 0.5) is 4.79 Å². The van der Waals surface area contributed by atoms with Crippen molar-refractivity contribution in [3.8, 4) is 5.75 Å². The number of nitrogens with zero attached hydrogens (tertiary/aromatic N) is 4. The highest BCUT2D eigenvalue weighted by Crippen LogP contribution is 2.25. The Morgan fingerprint density at radius 2 is 2.05 bits per heavy atom. The number of likely N-dealkylation sites (tertiary alicyclic amines) is 1. The van der Waals surface area contributed by atoms with E-state index in [9.17, 15) is 18.0 Å². The van der Waals surface area contributed by atoms with E-state index in [0.717, 1.165) is 19.4 Å². The third-order valence-electron chi connectivity index (χ3n) is 6.62. The highest BCUT2D eigenvalue weighted by molar-refractivity contribution is 7.89. The van der Waals surface area contributed by atoms with Crippen LogP contribution in [0.2, 0.25) is 0 Å². The molecule has 0 radical (unpaired) electrons. The van der Waals surface area contributed by atoms with Gasteiger partial charge in [0.05, 0.1) is 17.1 Å². The summed E-state index contributed by atoms with van der Waals surface area (Å²) in [5.74, 6) is -0.267. The molecule has 204 valence electrons. The second kappa shape index (κ2) is 12.5. The molecule has 2 heterocycles. The third kappa shape index (κ3) is 6.88. The fraction of sp³-hybridized carbons (Fsp3) is 0.560. The molecular weight excluding hydrogens is 496 g/mol. The SMILES string of the molecule is CCCOc1ccc(S(=O)(=O)NC(C)C2CCCN2C)cc1C(=O)NC(CC)N(C)C(=O)n1cccn1. The Morgan fingerprint density at radius 3 is 2.65 bits per heavy atom. The van der Waals surface area contributed by atoms with Gasteiger partial charge in [-0.1, -0.05) is 13.8 Å². The molecule has 1 aromatic carbocycles. The predicted octanol–water partition coefficient (Wildman–Crippen LogP) is 2.50. The van der Waals surface area contributed by atoms with Crippen molar-refractivity contribution in [3.63, 3.8) is 0 Å². The van der Waals surface area contributed by atoms with Gasteiger partial charge in [0.1, 0.15) is 11.9 Å². The highest BCUT2D eigenvalue weighted by atomic mass is 32.2. The van der Waals surface area contributed by atoms with E-state index >= 15 is 0 Å². The van der Waals surface area contributed by atoms with E-state index in [1.807, 2.05) is 27.8 Å². The number of benzene rings is 1. The molecule has 2 amide bonds. The first-order valence-corrected chi connectivity index (χ1v) is 14.1. The van der Waals surface area contributed by atoms with Gasteiger partial charge in [-0.05, 0) is 70.5 Å². The summed E-state index contributed by atoms with van der Waals surface area (Å²) in [5, 5.41) is 6.79. The monoisotopic (exact) mass is 534 g/mol. The molecule has 1 aliphatic heterocycles. The lowest BCUT2D eigenvalue weighted by atomic mass is 10.1. The quantitative estimate of drug-likeness (QED) is 0.424. The van der Waals surface area contributed by atoms with Crippen LogP contribution in [0, 0.1) is 0 Å². The summed E-state index contributed by atoms with van der Waals surface area (Å²) in [6.45, 7) is 6.92. The van der Waals surface area contributed by atoms with Crippen LogP contribution in [-0.2, 0) is 10.0 Å². The Kier molecular flexibility index (Phi) is 9.68. The lowest BCUT2D eigenvalue weighted by molar-refractivity contribution is 0.0884. The minimum atomic E-state index is -3.90. The molecule has 0 spiro atoms. The van der Waals surface area contributed by atoms with Crippen LogP contribution in [0.1, 0.15) is 56.8 Å². The van der Waals surface area contributed by atoms with E-state index in [1.54, 1.807) is 13.1 Å². The molecule has 3 rings (SSSR count). The molecule has 3 unspecified atom stereocenters. The fourth-order valence-electron chi connectivity index (χ4n) is 4.53. The van der Waals surface area contributed by atoms with Gasteiger partial charge in [0.2, 0.25) is 10.0 Å². The number of carbonyl (C=O) groups excluding carboxylic acids is 2. The van der Waals surface area contributed by atoms with E-state index in [2.05, 4.69) is 20.0 Å². The minimum Gasteiger partial charge on any atom is -0.493 e. The Morgan fingerprint density at radius 1 is 1.30 bits per heavy atom. The molecule has 2 aromatic rings. The Labute approximate surface area is 219 Å². The van der Waals surface area contributed by atoms with Gasteiger partial charge in [0, 0.05) is 31.5 Å². The molecule has 1 aromatic heterocycles. The molecule has 1 aliphatic rings. The van der Waals surface area contributed by atoms with Gasteiger partial charge in [0.25, 0.3) is 5.91 Å². The van der Waals surface area contributed by atoms with Crippen LogP contribution in [0.5, 0.6) is 5.75 Å². The summed E-state index contributed by atoms with van der Waals surface area (Å²) in [6, 6.07) is 5.32. The number of sulfonamides is 1. The number of carbonyl (C=O) groups is 2. The second-order valence-electron chi connectivity index (χ2n) is 9.35. The van der Waals surface area contributed by atoms with Crippen molar-refractivity contribution < 1.29 is 22.7 Å². The summed E-state index contributed by atoms with van der Waals surface area (Å²) in [6.07, 6.45) is 5.45. The van der Waals surface area contributed by atoms with Gasteiger partial charge in [-0.2, -0.15) is 9.78 Å². The number of amides is 2. The summed E-state index contributed by atoms with van der Waals surface area (Å²) in [7, 11) is -0.338. The fourth-order valence-corrected chi connectivity index (χ4v) is 5.83.